The zero-order valence-corrected chi connectivity index (χ0v) is 5.93. The van der Waals surface area contributed by atoms with E-state index in [1.807, 2.05) is 0 Å². The predicted octanol–water partition coefficient (Wildman–Crippen LogP) is -0.499. The van der Waals surface area contributed by atoms with Crippen LogP contribution in [-0.4, -0.2) is 36.4 Å². The number of hydrogen-bond donors (Lipinski definition) is 0. The normalized spacial score (nSPS) is 27.4. The molecule has 5 nitrogen and oxygen atoms in total. The molecule has 0 bridgehead atoms. The molecule has 0 fully saturated rings. The summed E-state index contributed by atoms with van der Waals surface area (Å²) in [5, 5.41) is 5.48. The Bertz CT molecular complexity index is 291. The molecule has 5 heteroatoms. The topological polar surface area (TPSA) is 57.4 Å². The van der Waals surface area contributed by atoms with E-state index >= 15 is 0 Å². The quantitative estimate of drug-likeness (QED) is 0.467. The first-order chi connectivity index (χ1) is 5.29. The van der Waals surface area contributed by atoms with E-state index in [1.165, 1.54) is 6.34 Å². The van der Waals surface area contributed by atoms with E-state index in [1.54, 1.807) is 18.3 Å². The predicted molar refractivity (Wildman–Crippen MR) is 40.7 cm³/mol. The van der Waals surface area contributed by atoms with Gasteiger partial charge in [-0.2, -0.15) is 5.10 Å². The third-order valence-electron chi connectivity index (χ3n) is 1.64. The van der Waals surface area contributed by atoms with Crippen LogP contribution in [0.1, 0.15) is 0 Å². The Morgan fingerprint density at radius 1 is 1.64 bits per heavy atom. The maximum Gasteiger partial charge on any atom is 0.263 e. The standard InChI is InChI=1S/C6H6N4O/c1-10-5-4(2-9-10)6(11)8-3-7-5/h2-4H,1H3. The van der Waals surface area contributed by atoms with Gasteiger partial charge in [0.1, 0.15) is 18.1 Å². The number of amidine groups is 1. The lowest BCUT2D eigenvalue weighted by atomic mass is 10.1. The molecule has 56 valence electrons. The number of hydrazone groups is 1. The van der Waals surface area contributed by atoms with Gasteiger partial charge in [-0.15, -0.1) is 0 Å². The second-order valence-electron chi connectivity index (χ2n) is 2.34. The minimum absolute atomic E-state index is 0.192. The molecule has 0 saturated carbocycles. The van der Waals surface area contributed by atoms with Gasteiger partial charge >= 0.3 is 0 Å². The highest BCUT2D eigenvalue weighted by molar-refractivity contribution is 6.21. The van der Waals surface area contributed by atoms with Crippen LogP contribution in [0.2, 0.25) is 0 Å². The molecule has 0 N–H and O–H groups in total. The lowest BCUT2D eigenvalue weighted by molar-refractivity contribution is -0.118. The van der Waals surface area contributed by atoms with Crippen molar-refractivity contribution in [2.24, 2.45) is 21.0 Å². The fourth-order valence-corrected chi connectivity index (χ4v) is 1.06. The second-order valence-corrected chi connectivity index (χ2v) is 2.34. The van der Waals surface area contributed by atoms with Crippen LogP contribution in [0.25, 0.3) is 0 Å². The molecule has 2 heterocycles. The third-order valence-corrected chi connectivity index (χ3v) is 1.64. The molecule has 0 spiro atoms. The van der Waals surface area contributed by atoms with Crippen LogP contribution in [0.4, 0.5) is 0 Å². The molecule has 0 aliphatic carbocycles. The Labute approximate surface area is 63.1 Å². The number of hydrogen-bond acceptors (Lipinski definition) is 4. The Kier molecular flexibility index (Phi) is 1.12. The molecular weight excluding hydrogens is 144 g/mol. The van der Waals surface area contributed by atoms with Crippen LogP contribution in [0, 0.1) is 5.92 Å². The fraction of sp³-hybridized carbons (Fsp3) is 0.333. The molecule has 2 rings (SSSR count). The van der Waals surface area contributed by atoms with Crippen LogP contribution >= 0.6 is 0 Å². The first kappa shape index (κ1) is 6.21. The molecule has 0 radical (unpaired) electrons. The van der Waals surface area contributed by atoms with Crippen molar-refractivity contribution in [3.63, 3.8) is 0 Å². The van der Waals surface area contributed by atoms with Gasteiger partial charge in [0, 0.05) is 13.3 Å². The van der Waals surface area contributed by atoms with Gasteiger partial charge in [0.05, 0.1) is 0 Å². The van der Waals surface area contributed by atoms with Crippen LogP contribution in [-0.2, 0) is 4.79 Å². The monoisotopic (exact) mass is 150 g/mol. The Morgan fingerprint density at radius 3 is 3.18 bits per heavy atom. The highest BCUT2D eigenvalue weighted by Gasteiger charge is 2.31. The molecule has 0 aromatic carbocycles. The molecule has 1 amide bonds. The highest BCUT2D eigenvalue weighted by atomic mass is 16.1. The summed E-state index contributed by atoms with van der Waals surface area (Å²) in [6.45, 7) is 0. The molecule has 11 heavy (non-hydrogen) atoms. The van der Waals surface area contributed by atoms with Crippen LogP contribution in [0.3, 0.4) is 0 Å². The summed E-state index contributed by atoms with van der Waals surface area (Å²) in [5.41, 5.74) is 0. The molecule has 1 atom stereocenters. The number of carbonyl (C=O) groups excluding carboxylic acids is 1. The van der Waals surface area contributed by atoms with Crippen LogP contribution in [0.15, 0.2) is 15.1 Å². The van der Waals surface area contributed by atoms with Crippen LogP contribution in [0.5, 0.6) is 0 Å². The number of nitrogens with zero attached hydrogens (tertiary/aromatic N) is 4. The zero-order chi connectivity index (χ0) is 7.84. The Balaban J connectivity index is 2.41. The van der Waals surface area contributed by atoms with Gasteiger partial charge < -0.3 is 0 Å². The van der Waals surface area contributed by atoms with E-state index in [2.05, 4.69) is 15.1 Å². The smallest absolute Gasteiger partial charge is 0.263 e. The minimum atomic E-state index is -0.343. The molecule has 2 aliphatic heterocycles. The van der Waals surface area contributed by atoms with E-state index in [4.69, 9.17) is 0 Å². The Morgan fingerprint density at radius 2 is 2.45 bits per heavy atom. The van der Waals surface area contributed by atoms with Crippen molar-refractivity contribution in [3.05, 3.63) is 0 Å². The summed E-state index contributed by atoms with van der Waals surface area (Å²) in [6, 6.07) is 0. The van der Waals surface area contributed by atoms with Gasteiger partial charge in [-0.05, 0) is 0 Å². The lowest BCUT2D eigenvalue weighted by Gasteiger charge is -2.12. The number of amides is 1. The maximum absolute atomic E-state index is 11.0. The maximum atomic E-state index is 11.0. The van der Waals surface area contributed by atoms with Crippen LogP contribution < -0.4 is 0 Å². The van der Waals surface area contributed by atoms with E-state index in [9.17, 15) is 4.79 Å². The average Bonchev–Trinajstić information content (AvgIpc) is 2.35. The molecule has 0 aromatic rings. The van der Waals surface area contributed by atoms with Gasteiger partial charge in [0.15, 0.2) is 0 Å². The van der Waals surface area contributed by atoms with Crippen molar-refractivity contribution < 1.29 is 4.79 Å². The summed E-state index contributed by atoms with van der Waals surface area (Å²) < 4.78 is 0. The SMILES string of the molecule is CN1N=CC2C(=O)N=CN=C21. The lowest BCUT2D eigenvalue weighted by Crippen LogP contribution is -2.30. The molecular formula is C6H6N4O. The van der Waals surface area contributed by atoms with Crippen molar-refractivity contribution in [3.8, 4) is 0 Å². The second kappa shape index (κ2) is 1.98. The molecule has 1 unspecified atom stereocenters. The third kappa shape index (κ3) is 0.772. The van der Waals surface area contributed by atoms with E-state index < -0.39 is 0 Å². The van der Waals surface area contributed by atoms with Crippen molar-refractivity contribution in [1.82, 2.24) is 5.01 Å². The first-order valence-electron chi connectivity index (χ1n) is 3.21. The Hall–Kier alpha value is -1.52. The van der Waals surface area contributed by atoms with Crippen molar-refractivity contribution in [2.45, 2.75) is 0 Å². The summed E-state index contributed by atoms with van der Waals surface area (Å²) in [7, 11) is 1.75. The van der Waals surface area contributed by atoms with Crippen molar-refractivity contribution >= 4 is 24.3 Å². The van der Waals surface area contributed by atoms with E-state index in [0.717, 1.165) is 0 Å². The van der Waals surface area contributed by atoms with Gasteiger partial charge in [-0.3, -0.25) is 9.80 Å². The number of aliphatic imine (C=N–C) groups is 2. The molecule has 0 aromatic heterocycles. The van der Waals surface area contributed by atoms with Gasteiger partial charge in [0.2, 0.25) is 0 Å². The fourth-order valence-electron chi connectivity index (χ4n) is 1.06. The highest BCUT2D eigenvalue weighted by Crippen LogP contribution is 2.13. The summed E-state index contributed by atoms with van der Waals surface area (Å²) in [4.78, 5) is 18.5. The number of carbonyl (C=O) groups is 1. The molecule has 2 aliphatic rings. The molecule has 0 saturated heterocycles. The largest absolute Gasteiger partial charge is 0.271 e. The van der Waals surface area contributed by atoms with Crippen molar-refractivity contribution in [2.75, 3.05) is 7.05 Å². The van der Waals surface area contributed by atoms with E-state index in [0.29, 0.717) is 5.84 Å². The van der Waals surface area contributed by atoms with Gasteiger partial charge in [0.25, 0.3) is 5.91 Å². The zero-order valence-electron chi connectivity index (χ0n) is 5.93. The average molecular weight is 150 g/mol. The summed E-state index contributed by atoms with van der Waals surface area (Å²) in [6.07, 6.45) is 2.82. The summed E-state index contributed by atoms with van der Waals surface area (Å²) in [5.74, 6) is 0.123. The summed E-state index contributed by atoms with van der Waals surface area (Å²) >= 11 is 0. The van der Waals surface area contributed by atoms with E-state index in [-0.39, 0.29) is 11.8 Å². The number of rotatable bonds is 0. The first-order valence-corrected chi connectivity index (χ1v) is 3.21. The van der Waals surface area contributed by atoms with Crippen molar-refractivity contribution in [1.29, 1.82) is 0 Å². The van der Waals surface area contributed by atoms with Gasteiger partial charge in [-0.25, -0.2) is 9.98 Å². The minimum Gasteiger partial charge on any atom is -0.271 e. The van der Waals surface area contributed by atoms with Gasteiger partial charge in [-0.1, -0.05) is 0 Å². The number of fused-ring (bicyclic) bond motifs is 1.